The highest BCUT2D eigenvalue weighted by atomic mass is 16.5. The normalized spacial score (nSPS) is 29.1. The Balaban J connectivity index is 1.79. The molecule has 0 spiro atoms. The number of hydrogen-bond donors (Lipinski definition) is 1. The lowest BCUT2D eigenvalue weighted by Gasteiger charge is -2.25. The third-order valence-electron chi connectivity index (χ3n) is 3.22. The van der Waals surface area contributed by atoms with Crippen LogP contribution in [0.5, 0.6) is 0 Å². The molecule has 2 heteroatoms. The van der Waals surface area contributed by atoms with Gasteiger partial charge in [0.2, 0.25) is 0 Å². The molecule has 1 saturated carbocycles. The van der Waals surface area contributed by atoms with Crippen LogP contribution in [0.1, 0.15) is 32.1 Å². The van der Waals surface area contributed by atoms with Crippen LogP contribution in [-0.2, 0) is 4.74 Å². The Kier molecular flexibility index (Phi) is 3.60. The van der Waals surface area contributed by atoms with Gasteiger partial charge in [-0.3, -0.25) is 0 Å². The van der Waals surface area contributed by atoms with Gasteiger partial charge >= 0.3 is 0 Å². The lowest BCUT2D eigenvalue weighted by Crippen LogP contribution is -2.42. The molecule has 0 amide bonds. The third-order valence-corrected chi connectivity index (χ3v) is 3.22. The van der Waals surface area contributed by atoms with Gasteiger partial charge in [-0.05, 0) is 38.0 Å². The van der Waals surface area contributed by atoms with Gasteiger partial charge in [0.15, 0.2) is 0 Å². The molecule has 1 N–H and O–H groups in total. The second kappa shape index (κ2) is 4.94. The van der Waals surface area contributed by atoms with E-state index < -0.39 is 0 Å². The zero-order valence-corrected chi connectivity index (χ0v) is 9.04. The van der Waals surface area contributed by atoms with E-state index >= 15 is 0 Å². The van der Waals surface area contributed by atoms with E-state index in [1.54, 1.807) is 7.11 Å². The van der Waals surface area contributed by atoms with E-state index in [9.17, 15) is 0 Å². The van der Waals surface area contributed by atoms with Crippen LogP contribution < -0.4 is 5.32 Å². The molecule has 80 valence electrons. The molecule has 2 aliphatic rings. The molecule has 0 heterocycles. The molecule has 14 heavy (non-hydrogen) atoms. The van der Waals surface area contributed by atoms with Crippen LogP contribution in [0.3, 0.4) is 0 Å². The summed E-state index contributed by atoms with van der Waals surface area (Å²) in [7, 11) is 1.80. The first-order valence-electron chi connectivity index (χ1n) is 5.82. The maximum absolute atomic E-state index is 5.26. The zero-order valence-electron chi connectivity index (χ0n) is 9.04. The molecule has 1 fully saturated rings. The molecule has 0 saturated heterocycles. The summed E-state index contributed by atoms with van der Waals surface area (Å²) in [6.45, 7) is 0.870. The van der Waals surface area contributed by atoms with Crippen LogP contribution in [0.4, 0.5) is 0 Å². The minimum atomic E-state index is 0.591. The van der Waals surface area contributed by atoms with E-state index in [1.807, 2.05) is 0 Å². The van der Waals surface area contributed by atoms with Gasteiger partial charge in [0.05, 0.1) is 6.61 Å². The van der Waals surface area contributed by atoms with Gasteiger partial charge in [-0.15, -0.1) is 0 Å². The standard InChI is InChI=1S/C12H21NO/c1-14-9-12(10-7-8-10)13-11-5-3-2-4-6-11/h3,5,10-13H,2,4,6-9H2,1H3. The molecule has 0 aliphatic heterocycles. The molecule has 2 unspecified atom stereocenters. The highest BCUT2D eigenvalue weighted by molar-refractivity contribution is 5.00. The molecule has 2 nitrogen and oxygen atoms in total. The summed E-state index contributed by atoms with van der Waals surface area (Å²) in [5.41, 5.74) is 0. The van der Waals surface area contributed by atoms with Crippen molar-refractivity contribution in [3.8, 4) is 0 Å². The summed E-state index contributed by atoms with van der Waals surface area (Å²) in [5, 5.41) is 3.71. The highest BCUT2D eigenvalue weighted by Crippen LogP contribution is 2.33. The lowest BCUT2D eigenvalue weighted by atomic mass is 10.0. The van der Waals surface area contributed by atoms with Crippen LogP contribution >= 0.6 is 0 Å². The molecule has 0 bridgehead atoms. The molecular formula is C12H21NO. The predicted octanol–water partition coefficient (Wildman–Crippen LogP) is 2.11. The zero-order chi connectivity index (χ0) is 9.80. The van der Waals surface area contributed by atoms with Gasteiger partial charge in [0.1, 0.15) is 0 Å². The van der Waals surface area contributed by atoms with E-state index in [4.69, 9.17) is 4.74 Å². The molecule has 0 aromatic heterocycles. The van der Waals surface area contributed by atoms with Crippen LogP contribution in [-0.4, -0.2) is 25.8 Å². The van der Waals surface area contributed by atoms with Crippen LogP contribution in [0.25, 0.3) is 0 Å². The van der Waals surface area contributed by atoms with Gasteiger partial charge in [-0.25, -0.2) is 0 Å². The average Bonchev–Trinajstić information content (AvgIpc) is 3.02. The molecule has 2 atom stereocenters. The molecule has 2 rings (SSSR count). The Labute approximate surface area is 86.7 Å². The van der Waals surface area contributed by atoms with Gasteiger partial charge < -0.3 is 10.1 Å². The van der Waals surface area contributed by atoms with Crippen molar-refractivity contribution in [3.05, 3.63) is 12.2 Å². The van der Waals surface area contributed by atoms with Crippen molar-refractivity contribution in [3.63, 3.8) is 0 Å². The van der Waals surface area contributed by atoms with Crippen molar-refractivity contribution in [2.75, 3.05) is 13.7 Å². The summed E-state index contributed by atoms with van der Waals surface area (Å²) in [4.78, 5) is 0. The largest absolute Gasteiger partial charge is 0.383 e. The van der Waals surface area contributed by atoms with Crippen molar-refractivity contribution in [2.24, 2.45) is 5.92 Å². The van der Waals surface area contributed by atoms with Gasteiger partial charge in [0, 0.05) is 19.2 Å². The first-order valence-corrected chi connectivity index (χ1v) is 5.82. The van der Waals surface area contributed by atoms with E-state index in [0.29, 0.717) is 12.1 Å². The summed E-state index contributed by atoms with van der Waals surface area (Å²) in [6, 6.07) is 1.19. The Morgan fingerprint density at radius 1 is 1.43 bits per heavy atom. The maximum atomic E-state index is 5.26. The molecule has 0 aromatic rings. The van der Waals surface area contributed by atoms with Crippen molar-refractivity contribution >= 4 is 0 Å². The Morgan fingerprint density at radius 3 is 2.86 bits per heavy atom. The van der Waals surface area contributed by atoms with Crippen LogP contribution in [0.2, 0.25) is 0 Å². The van der Waals surface area contributed by atoms with E-state index in [1.165, 1.54) is 32.1 Å². The SMILES string of the molecule is COCC(NC1C=CCCC1)C1CC1. The topological polar surface area (TPSA) is 21.3 Å². The van der Waals surface area contributed by atoms with Gasteiger partial charge in [0.25, 0.3) is 0 Å². The molecule has 0 aromatic carbocycles. The van der Waals surface area contributed by atoms with E-state index in [2.05, 4.69) is 17.5 Å². The fourth-order valence-corrected chi connectivity index (χ4v) is 2.22. The smallest absolute Gasteiger partial charge is 0.0618 e. The number of methoxy groups -OCH3 is 1. The third kappa shape index (κ3) is 2.82. The average molecular weight is 195 g/mol. The highest BCUT2D eigenvalue weighted by Gasteiger charge is 2.32. The fourth-order valence-electron chi connectivity index (χ4n) is 2.22. The molecule has 0 radical (unpaired) electrons. The Morgan fingerprint density at radius 2 is 2.29 bits per heavy atom. The fraction of sp³-hybridized carbons (Fsp3) is 0.833. The Bertz CT molecular complexity index is 198. The maximum Gasteiger partial charge on any atom is 0.0618 e. The predicted molar refractivity (Wildman–Crippen MR) is 58.3 cm³/mol. The second-order valence-electron chi connectivity index (χ2n) is 4.53. The first kappa shape index (κ1) is 10.2. The van der Waals surface area contributed by atoms with Crippen molar-refractivity contribution in [1.29, 1.82) is 0 Å². The minimum Gasteiger partial charge on any atom is -0.383 e. The van der Waals surface area contributed by atoms with Crippen molar-refractivity contribution < 1.29 is 4.74 Å². The molecular weight excluding hydrogens is 174 g/mol. The van der Waals surface area contributed by atoms with E-state index in [-0.39, 0.29) is 0 Å². The number of hydrogen-bond acceptors (Lipinski definition) is 2. The summed E-state index contributed by atoms with van der Waals surface area (Å²) >= 11 is 0. The van der Waals surface area contributed by atoms with Gasteiger partial charge in [-0.2, -0.15) is 0 Å². The van der Waals surface area contributed by atoms with Gasteiger partial charge in [-0.1, -0.05) is 12.2 Å². The number of rotatable bonds is 5. The molecule has 2 aliphatic carbocycles. The van der Waals surface area contributed by atoms with Crippen molar-refractivity contribution in [2.45, 2.75) is 44.2 Å². The summed E-state index contributed by atoms with van der Waals surface area (Å²) in [5.74, 6) is 0.880. The number of allylic oxidation sites excluding steroid dienone is 1. The van der Waals surface area contributed by atoms with Crippen molar-refractivity contribution in [1.82, 2.24) is 5.32 Å². The summed E-state index contributed by atoms with van der Waals surface area (Å²) in [6.07, 6.45) is 11.3. The van der Waals surface area contributed by atoms with E-state index in [0.717, 1.165) is 12.5 Å². The van der Waals surface area contributed by atoms with Crippen LogP contribution in [0.15, 0.2) is 12.2 Å². The quantitative estimate of drug-likeness (QED) is 0.678. The number of ether oxygens (including phenoxy) is 1. The monoisotopic (exact) mass is 195 g/mol. The summed E-state index contributed by atoms with van der Waals surface area (Å²) < 4.78 is 5.26. The first-order chi connectivity index (χ1) is 6.90. The minimum absolute atomic E-state index is 0.591. The Hall–Kier alpha value is -0.340. The lowest BCUT2D eigenvalue weighted by molar-refractivity contribution is 0.153. The number of nitrogens with one attached hydrogen (secondary N) is 1. The second-order valence-corrected chi connectivity index (χ2v) is 4.53. The van der Waals surface area contributed by atoms with Crippen LogP contribution in [0, 0.1) is 5.92 Å².